The van der Waals surface area contributed by atoms with Gasteiger partial charge in [-0.2, -0.15) is 0 Å². The third-order valence-corrected chi connectivity index (χ3v) is 6.66. The monoisotopic (exact) mass is 418 g/mol. The van der Waals surface area contributed by atoms with Crippen LogP contribution >= 0.6 is 0 Å². The standard InChI is InChI=1S/C25H30N4O2/c1-31-19-11-9-18(10-12-19)25(30)28-22-15-20-21(16-23(22)29-13-5-6-14-29)27-24(26-20)17-7-3-2-4-8-17/h9-12,15-17H,2-8,13-14H2,1H3,(H,26,27)(H,28,30). The van der Waals surface area contributed by atoms with Crippen molar-refractivity contribution in [2.45, 2.75) is 50.9 Å². The molecule has 2 N–H and O–H groups in total. The number of anilines is 2. The Labute approximate surface area is 183 Å². The van der Waals surface area contributed by atoms with Crippen molar-refractivity contribution >= 4 is 28.3 Å². The molecular formula is C25H30N4O2. The van der Waals surface area contributed by atoms with Gasteiger partial charge in [-0.15, -0.1) is 0 Å². The van der Waals surface area contributed by atoms with Crippen molar-refractivity contribution in [1.29, 1.82) is 0 Å². The number of methoxy groups -OCH3 is 1. The first-order chi connectivity index (χ1) is 15.2. The van der Waals surface area contributed by atoms with Gasteiger partial charge in [0.25, 0.3) is 5.91 Å². The van der Waals surface area contributed by atoms with Crippen LogP contribution in [-0.4, -0.2) is 36.1 Å². The molecule has 1 saturated carbocycles. The molecule has 6 nitrogen and oxygen atoms in total. The molecule has 1 aromatic heterocycles. The summed E-state index contributed by atoms with van der Waals surface area (Å²) in [6, 6.07) is 11.4. The van der Waals surface area contributed by atoms with Crippen molar-refractivity contribution in [2.75, 3.05) is 30.4 Å². The summed E-state index contributed by atoms with van der Waals surface area (Å²) in [6.07, 6.45) is 8.67. The lowest BCUT2D eigenvalue weighted by Gasteiger charge is -2.21. The molecule has 31 heavy (non-hydrogen) atoms. The molecule has 2 aliphatic rings. The number of benzene rings is 2. The van der Waals surface area contributed by atoms with Gasteiger partial charge in [0.05, 0.1) is 29.5 Å². The van der Waals surface area contributed by atoms with Crippen LogP contribution in [0.4, 0.5) is 11.4 Å². The quantitative estimate of drug-likeness (QED) is 0.576. The number of aromatic amines is 1. The fraction of sp³-hybridized carbons (Fsp3) is 0.440. The lowest BCUT2D eigenvalue weighted by molar-refractivity contribution is 0.102. The van der Waals surface area contributed by atoms with Gasteiger partial charge >= 0.3 is 0 Å². The predicted molar refractivity (Wildman–Crippen MR) is 124 cm³/mol. The van der Waals surface area contributed by atoms with E-state index in [0.29, 0.717) is 11.5 Å². The number of nitrogens with zero attached hydrogens (tertiary/aromatic N) is 2. The first kappa shape index (κ1) is 19.9. The zero-order valence-electron chi connectivity index (χ0n) is 18.1. The van der Waals surface area contributed by atoms with Gasteiger partial charge < -0.3 is 19.9 Å². The maximum absolute atomic E-state index is 13.0. The number of aromatic nitrogens is 2. The Bertz CT molecular complexity index is 1060. The molecule has 3 aromatic rings. The van der Waals surface area contributed by atoms with E-state index in [1.54, 1.807) is 19.2 Å². The highest BCUT2D eigenvalue weighted by atomic mass is 16.5. The first-order valence-corrected chi connectivity index (χ1v) is 11.5. The van der Waals surface area contributed by atoms with E-state index >= 15 is 0 Å². The van der Waals surface area contributed by atoms with Crippen LogP contribution in [0.2, 0.25) is 0 Å². The van der Waals surface area contributed by atoms with E-state index in [1.807, 2.05) is 12.1 Å². The minimum Gasteiger partial charge on any atom is -0.497 e. The van der Waals surface area contributed by atoms with E-state index in [2.05, 4.69) is 27.3 Å². The number of nitrogens with one attached hydrogen (secondary N) is 2. The number of hydrogen-bond acceptors (Lipinski definition) is 4. The van der Waals surface area contributed by atoms with Crippen LogP contribution in [0.15, 0.2) is 36.4 Å². The van der Waals surface area contributed by atoms with Crippen LogP contribution in [0.5, 0.6) is 5.75 Å². The molecule has 1 saturated heterocycles. The van der Waals surface area contributed by atoms with Crippen molar-refractivity contribution in [2.24, 2.45) is 0 Å². The lowest BCUT2D eigenvalue weighted by atomic mass is 9.89. The zero-order chi connectivity index (χ0) is 21.2. The predicted octanol–water partition coefficient (Wildman–Crippen LogP) is 5.47. The summed E-state index contributed by atoms with van der Waals surface area (Å²) in [4.78, 5) is 23.8. The Hall–Kier alpha value is -3.02. The summed E-state index contributed by atoms with van der Waals surface area (Å²) >= 11 is 0. The maximum atomic E-state index is 13.0. The van der Waals surface area contributed by atoms with Crippen LogP contribution in [-0.2, 0) is 0 Å². The van der Waals surface area contributed by atoms with E-state index in [1.165, 1.54) is 44.9 Å². The highest BCUT2D eigenvalue weighted by Gasteiger charge is 2.22. The first-order valence-electron chi connectivity index (χ1n) is 11.5. The second kappa shape index (κ2) is 8.61. The highest BCUT2D eigenvalue weighted by Crippen LogP contribution is 2.36. The van der Waals surface area contributed by atoms with Gasteiger partial charge in [-0.05, 0) is 62.1 Å². The van der Waals surface area contributed by atoms with E-state index in [-0.39, 0.29) is 5.91 Å². The fourth-order valence-corrected chi connectivity index (χ4v) is 4.89. The molecule has 0 spiro atoms. The van der Waals surface area contributed by atoms with Crippen LogP contribution in [0, 0.1) is 0 Å². The van der Waals surface area contributed by atoms with Crippen molar-refractivity contribution < 1.29 is 9.53 Å². The molecule has 2 fully saturated rings. The van der Waals surface area contributed by atoms with Crippen LogP contribution < -0.4 is 15.0 Å². The Morgan fingerprint density at radius 2 is 1.81 bits per heavy atom. The highest BCUT2D eigenvalue weighted by molar-refractivity contribution is 6.07. The normalized spacial score (nSPS) is 17.3. The third-order valence-electron chi connectivity index (χ3n) is 6.66. The van der Waals surface area contributed by atoms with Crippen LogP contribution in [0.1, 0.15) is 67.0 Å². The summed E-state index contributed by atoms with van der Waals surface area (Å²) < 4.78 is 5.20. The van der Waals surface area contributed by atoms with Crippen LogP contribution in [0.25, 0.3) is 11.0 Å². The van der Waals surface area contributed by atoms with E-state index in [0.717, 1.165) is 47.1 Å². The van der Waals surface area contributed by atoms with Gasteiger partial charge in [0.2, 0.25) is 0 Å². The maximum Gasteiger partial charge on any atom is 0.255 e. The number of carbonyl (C=O) groups excluding carboxylic acids is 1. The Morgan fingerprint density at radius 1 is 1.06 bits per heavy atom. The summed E-state index contributed by atoms with van der Waals surface area (Å²) in [5, 5.41) is 3.15. The number of amides is 1. The largest absolute Gasteiger partial charge is 0.497 e. The van der Waals surface area contributed by atoms with Gasteiger partial charge in [0.15, 0.2) is 0 Å². The van der Waals surface area contributed by atoms with E-state index < -0.39 is 0 Å². The molecule has 0 unspecified atom stereocenters. The van der Waals surface area contributed by atoms with E-state index in [9.17, 15) is 4.79 Å². The van der Waals surface area contributed by atoms with Crippen molar-refractivity contribution in [3.05, 3.63) is 47.8 Å². The topological polar surface area (TPSA) is 70.2 Å². The number of imidazole rings is 1. The minimum absolute atomic E-state index is 0.116. The van der Waals surface area contributed by atoms with Gasteiger partial charge in [0.1, 0.15) is 11.6 Å². The molecule has 0 atom stereocenters. The van der Waals surface area contributed by atoms with Crippen LogP contribution in [0.3, 0.4) is 0 Å². The molecule has 1 aliphatic heterocycles. The van der Waals surface area contributed by atoms with Crippen molar-refractivity contribution in [1.82, 2.24) is 9.97 Å². The number of carbonyl (C=O) groups is 1. The molecule has 6 heteroatoms. The SMILES string of the molecule is COc1ccc(C(=O)Nc2cc3[nH]c(C4CCCCC4)nc3cc2N2CCCC2)cc1. The van der Waals surface area contributed by atoms with Gasteiger partial charge in [0, 0.05) is 24.6 Å². The fourth-order valence-electron chi connectivity index (χ4n) is 4.89. The molecular weight excluding hydrogens is 388 g/mol. The Morgan fingerprint density at radius 3 is 2.52 bits per heavy atom. The Balaban J connectivity index is 1.48. The van der Waals surface area contributed by atoms with E-state index in [4.69, 9.17) is 9.72 Å². The molecule has 2 heterocycles. The Kier molecular flexibility index (Phi) is 5.53. The summed E-state index contributed by atoms with van der Waals surface area (Å²) in [6.45, 7) is 2.02. The van der Waals surface area contributed by atoms with Gasteiger partial charge in [-0.25, -0.2) is 4.98 Å². The van der Waals surface area contributed by atoms with Crippen molar-refractivity contribution in [3.8, 4) is 5.75 Å². The minimum atomic E-state index is -0.116. The number of rotatable bonds is 5. The summed E-state index contributed by atoms with van der Waals surface area (Å²) in [5.41, 5.74) is 4.50. The summed E-state index contributed by atoms with van der Waals surface area (Å²) in [5.74, 6) is 2.24. The molecule has 0 bridgehead atoms. The molecule has 5 rings (SSSR count). The second-order valence-corrected chi connectivity index (χ2v) is 8.72. The molecule has 2 aromatic carbocycles. The number of hydrogen-bond donors (Lipinski definition) is 2. The zero-order valence-corrected chi connectivity index (χ0v) is 18.1. The average Bonchev–Trinajstić information content (AvgIpc) is 3.49. The number of fused-ring (bicyclic) bond motifs is 1. The molecule has 162 valence electrons. The van der Waals surface area contributed by atoms with Gasteiger partial charge in [-0.1, -0.05) is 19.3 Å². The van der Waals surface area contributed by atoms with Gasteiger partial charge in [-0.3, -0.25) is 4.79 Å². The number of ether oxygens (including phenoxy) is 1. The summed E-state index contributed by atoms with van der Waals surface area (Å²) in [7, 11) is 1.62. The molecule has 1 amide bonds. The number of H-pyrrole nitrogens is 1. The second-order valence-electron chi connectivity index (χ2n) is 8.72. The smallest absolute Gasteiger partial charge is 0.255 e. The van der Waals surface area contributed by atoms with Crippen molar-refractivity contribution in [3.63, 3.8) is 0 Å². The third kappa shape index (κ3) is 4.11. The molecule has 0 radical (unpaired) electrons. The lowest BCUT2D eigenvalue weighted by Crippen LogP contribution is -2.21. The molecule has 1 aliphatic carbocycles. The average molecular weight is 419 g/mol.